The van der Waals surface area contributed by atoms with Crippen LogP contribution in [-0.4, -0.2) is 26.3 Å². The number of anilines is 1. The van der Waals surface area contributed by atoms with Crippen LogP contribution in [0.4, 0.5) is 5.69 Å². The first-order valence-corrected chi connectivity index (χ1v) is 12.9. The van der Waals surface area contributed by atoms with Crippen molar-refractivity contribution in [3.05, 3.63) is 81.5 Å². The van der Waals surface area contributed by atoms with E-state index in [1.54, 1.807) is 53.9 Å². The zero-order chi connectivity index (χ0) is 24.0. The summed E-state index contributed by atoms with van der Waals surface area (Å²) >= 11 is 1.05. The van der Waals surface area contributed by atoms with Gasteiger partial charge in [-0.05, 0) is 61.5 Å². The molecule has 33 heavy (non-hydrogen) atoms. The molecule has 0 saturated carbocycles. The van der Waals surface area contributed by atoms with E-state index in [1.165, 1.54) is 6.07 Å². The molecule has 3 N–H and O–H groups in total. The second-order valence-corrected chi connectivity index (χ2v) is 10.3. The topological polar surface area (TPSA) is 104 Å². The molecule has 2 aromatic carbocycles. The van der Waals surface area contributed by atoms with Gasteiger partial charge in [0.1, 0.15) is 9.77 Å². The van der Waals surface area contributed by atoms with E-state index < -0.39 is 15.9 Å². The van der Waals surface area contributed by atoms with Gasteiger partial charge in [0.15, 0.2) is 0 Å². The van der Waals surface area contributed by atoms with E-state index in [4.69, 9.17) is 0 Å². The number of amides is 2. The van der Waals surface area contributed by atoms with E-state index in [9.17, 15) is 18.0 Å². The molecule has 0 aliphatic carbocycles. The Kier molecular flexibility index (Phi) is 7.88. The van der Waals surface area contributed by atoms with Gasteiger partial charge in [-0.3, -0.25) is 14.3 Å². The average molecular weight is 486 g/mol. The number of carbonyl (C=O) groups is 2. The average Bonchev–Trinajstić information content (AvgIpc) is 3.30. The van der Waals surface area contributed by atoms with Crippen molar-refractivity contribution < 1.29 is 18.0 Å². The molecular weight excluding hydrogens is 458 g/mol. The van der Waals surface area contributed by atoms with E-state index in [2.05, 4.69) is 15.4 Å². The van der Waals surface area contributed by atoms with Gasteiger partial charge >= 0.3 is 0 Å². The molecule has 0 bridgehead atoms. The first kappa shape index (κ1) is 24.5. The Balaban J connectivity index is 1.69. The zero-order valence-electron chi connectivity index (χ0n) is 18.7. The third kappa shape index (κ3) is 6.43. The number of benzene rings is 2. The van der Waals surface area contributed by atoms with Crippen molar-refractivity contribution in [1.29, 1.82) is 0 Å². The van der Waals surface area contributed by atoms with Crippen molar-refractivity contribution >= 4 is 38.9 Å². The number of sulfonamides is 1. The van der Waals surface area contributed by atoms with Gasteiger partial charge in [0, 0.05) is 23.8 Å². The molecule has 7 nitrogen and oxygen atoms in total. The highest BCUT2D eigenvalue weighted by Crippen LogP contribution is 2.24. The maximum Gasteiger partial charge on any atom is 0.263 e. The van der Waals surface area contributed by atoms with Crippen LogP contribution >= 0.6 is 11.3 Å². The summed E-state index contributed by atoms with van der Waals surface area (Å²) < 4.78 is 28.2. The normalized spacial score (nSPS) is 12.1. The van der Waals surface area contributed by atoms with Gasteiger partial charge in [-0.2, -0.15) is 0 Å². The zero-order valence-corrected chi connectivity index (χ0v) is 20.3. The van der Waals surface area contributed by atoms with Gasteiger partial charge < -0.3 is 10.6 Å². The maximum absolute atomic E-state index is 12.9. The van der Waals surface area contributed by atoms with E-state index >= 15 is 0 Å². The second kappa shape index (κ2) is 10.6. The summed E-state index contributed by atoms with van der Waals surface area (Å²) in [4.78, 5) is 25.1. The molecule has 3 rings (SSSR count). The summed E-state index contributed by atoms with van der Waals surface area (Å²) in [6, 6.07) is 15.4. The van der Waals surface area contributed by atoms with Crippen molar-refractivity contribution in [2.24, 2.45) is 0 Å². The molecular formula is C24H27N3O4S2. The van der Waals surface area contributed by atoms with Crippen LogP contribution in [0.3, 0.4) is 0 Å². The lowest BCUT2D eigenvalue weighted by Crippen LogP contribution is -2.32. The minimum atomic E-state index is -3.93. The largest absolute Gasteiger partial charge is 0.350 e. The fraction of sp³-hybridized carbons (Fsp3) is 0.250. The molecule has 0 spiro atoms. The van der Waals surface area contributed by atoms with Crippen molar-refractivity contribution in [3.63, 3.8) is 0 Å². The van der Waals surface area contributed by atoms with E-state index in [0.29, 0.717) is 11.3 Å². The third-order valence-corrected chi connectivity index (χ3v) is 7.53. The van der Waals surface area contributed by atoms with Crippen LogP contribution in [0.5, 0.6) is 0 Å². The maximum atomic E-state index is 12.9. The van der Waals surface area contributed by atoms with Crippen molar-refractivity contribution in [3.8, 4) is 0 Å². The highest BCUT2D eigenvalue weighted by molar-refractivity contribution is 7.93. The Hall–Kier alpha value is -3.17. The Bertz CT molecular complexity index is 1230. The standard InChI is InChI=1S/C24H27N3O4S2/c1-4-17(3)26-23(28)19-7-5-6-18(14-19)15-25-24(29)22-21(12-13-32-22)33(30,31)27-20-10-8-16(2)9-11-20/h5-14,17,27H,4,15H2,1-3H3,(H,25,29)(H,26,28). The number of rotatable bonds is 9. The highest BCUT2D eigenvalue weighted by atomic mass is 32.2. The predicted octanol–water partition coefficient (Wildman–Crippen LogP) is 4.32. The lowest BCUT2D eigenvalue weighted by Gasteiger charge is -2.12. The number of hydrogen-bond donors (Lipinski definition) is 3. The summed E-state index contributed by atoms with van der Waals surface area (Å²) in [6.07, 6.45) is 0.826. The summed E-state index contributed by atoms with van der Waals surface area (Å²) in [5.74, 6) is -0.671. The van der Waals surface area contributed by atoms with Gasteiger partial charge in [-0.1, -0.05) is 36.8 Å². The number of thiophene rings is 1. The third-order valence-electron chi connectivity index (χ3n) is 5.06. The smallest absolute Gasteiger partial charge is 0.263 e. The molecule has 2 amide bonds. The van der Waals surface area contributed by atoms with Gasteiger partial charge in [0.05, 0.1) is 0 Å². The lowest BCUT2D eigenvalue weighted by atomic mass is 10.1. The van der Waals surface area contributed by atoms with Gasteiger partial charge in [0.2, 0.25) is 0 Å². The van der Waals surface area contributed by atoms with Crippen LogP contribution in [0, 0.1) is 6.92 Å². The van der Waals surface area contributed by atoms with Crippen LogP contribution in [0.15, 0.2) is 64.9 Å². The van der Waals surface area contributed by atoms with E-state index in [-0.39, 0.29) is 28.3 Å². The molecule has 0 aliphatic heterocycles. The first-order valence-electron chi connectivity index (χ1n) is 10.5. The molecule has 1 unspecified atom stereocenters. The molecule has 3 aromatic rings. The van der Waals surface area contributed by atoms with Crippen LogP contribution in [-0.2, 0) is 16.6 Å². The number of carbonyl (C=O) groups excluding carboxylic acids is 2. The van der Waals surface area contributed by atoms with Crippen LogP contribution in [0.2, 0.25) is 0 Å². The fourth-order valence-corrected chi connectivity index (χ4v) is 5.40. The fourth-order valence-electron chi connectivity index (χ4n) is 3.00. The molecule has 174 valence electrons. The van der Waals surface area contributed by atoms with Crippen molar-refractivity contribution in [2.75, 3.05) is 4.72 Å². The Labute approximate surface area is 198 Å². The summed E-state index contributed by atoms with van der Waals surface area (Å²) in [5.41, 5.74) is 2.67. The Morgan fingerprint density at radius 2 is 1.76 bits per heavy atom. The minimum Gasteiger partial charge on any atom is -0.350 e. The lowest BCUT2D eigenvalue weighted by molar-refractivity contribution is 0.0937. The number of aryl methyl sites for hydroxylation is 1. The first-order chi connectivity index (χ1) is 15.7. The van der Waals surface area contributed by atoms with E-state index in [0.717, 1.165) is 28.9 Å². The molecule has 1 aromatic heterocycles. The Morgan fingerprint density at radius 1 is 1.03 bits per heavy atom. The Morgan fingerprint density at radius 3 is 2.45 bits per heavy atom. The van der Waals surface area contributed by atoms with E-state index in [1.807, 2.05) is 20.8 Å². The van der Waals surface area contributed by atoms with Gasteiger partial charge in [-0.15, -0.1) is 11.3 Å². The van der Waals surface area contributed by atoms with Gasteiger partial charge in [0.25, 0.3) is 21.8 Å². The molecule has 0 saturated heterocycles. The summed E-state index contributed by atoms with van der Waals surface area (Å²) in [6.45, 7) is 5.99. The van der Waals surface area contributed by atoms with Gasteiger partial charge in [-0.25, -0.2) is 8.42 Å². The monoisotopic (exact) mass is 485 g/mol. The molecule has 0 fully saturated rings. The quantitative estimate of drug-likeness (QED) is 0.420. The number of hydrogen-bond acceptors (Lipinski definition) is 5. The number of nitrogens with one attached hydrogen (secondary N) is 3. The highest BCUT2D eigenvalue weighted by Gasteiger charge is 2.24. The summed E-state index contributed by atoms with van der Waals surface area (Å²) in [5, 5.41) is 7.23. The molecule has 0 aliphatic rings. The molecule has 0 radical (unpaired) electrons. The predicted molar refractivity (Wildman–Crippen MR) is 131 cm³/mol. The van der Waals surface area contributed by atoms with Crippen molar-refractivity contribution in [1.82, 2.24) is 10.6 Å². The molecule has 1 heterocycles. The molecule has 1 atom stereocenters. The van der Waals surface area contributed by atoms with Crippen LogP contribution in [0.1, 0.15) is 51.4 Å². The molecule has 9 heteroatoms. The van der Waals surface area contributed by atoms with Crippen molar-refractivity contribution in [2.45, 2.75) is 44.7 Å². The minimum absolute atomic E-state index is 0.0635. The second-order valence-electron chi connectivity index (χ2n) is 7.75. The summed E-state index contributed by atoms with van der Waals surface area (Å²) in [7, 11) is -3.93. The van der Waals surface area contributed by atoms with Crippen LogP contribution < -0.4 is 15.4 Å². The van der Waals surface area contributed by atoms with Crippen LogP contribution in [0.25, 0.3) is 0 Å². The SMILES string of the molecule is CCC(C)NC(=O)c1cccc(CNC(=O)c2sccc2S(=O)(=O)Nc2ccc(C)cc2)c1.